The Bertz CT molecular complexity index is 871. The first-order valence-electron chi connectivity index (χ1n) is 9.41. The highest BCUT2D eigenvalue weighted by Crippen LogP contribution is 2.52. The average Bonchev–Trinajstić information content (AvgIpc) is 2.72. The zero-order chi connectivity index (χ0) is 24.2. The summed E-state index contributed by atoms with van der Waals surface area (Å²) in [5.41, 5.74) is -0.335. The second kappa shape index (κ2) is 13.5. The summed E-state index contributed by atoms with van der Waals surface area (Å²) in [5, 5.41) is 19.3. The van der Waals surface area contributed by atoms with E-state index in [1.54, 1.807) is 20.0 Å². The quantitative estimate of drug-likeness (QED) is 0.158. The lowest BCUT2D eigenvalue weighted by Gasteiger charge is -2.24. The molecule has 0 aromatic heterocycles. The smallest absolute Gasteiger partial charge is 0.508 e. The molecular weight excluding hydrogens is 470 g/mol. The fraction of sp³-hybridized carbons (Fsp3) is 0.500. The zero-order valence-corrected chi connectivity index (χ0v) is 19.6. The van der Waals surface area contributed by atoms with Gasteiger partial charge in [0, 0.05) is 0 Å². The highest BCUT2D eigenvalue weighted by molar-refractivity contribution is 7.49. The van der Waals surface area contributed by atoms with Crippen molar-refractivity contribution in [1.29, 1.82) is 0 Å². The van der Waals surface area contributed by atoms with Gasteiger partial charge in [0.25, 0.3) is 0 Å². The number of carbonyl (C=O) groups is 1. The number of hydrogen-bond donors (Lipinski definition) is 2. The molecule has 0 heterocycles. The Kier molecular flexibility index (Phi) is 11.8. The van der Waals surface area contributed by atoms with E-state index in [0.29, 0.717) is 0 Å². The lowest BCUT2D eigenvalue weighted by Crippen LogP contribution is -2.27. The van der Waals surface area contributed by atoms with Gasteiger partial charge in [-0.1, -0.05) is 6.42 Å². The molecule has 2 N–H and O–H groups in total. The Labute approximate surface area is 185 Å². The topological polar surface area (TPSA) is 156 Å². The van der Waals surface area contributed by atoms with Crippen LogP contribution in [0.1, 0.15) is 31.1 Å². The number of phosphoric acid groups is 2. The van der Waals surface area contributed by atoms with Crippen LogP contribution >= 0.6 is 15.6 Å². The van der Waals surface area contributed by atoms with Crippen LogP contribution in [0.25, 0.3) is 0 Å². The van der Waals surface area contributed by atoms with E-state index in [-0.39, 0.29) is 31.1 Å². The summed E-state index contributed by atoms with van der Waals surface area (Å²) in [6.45, 7) is 3.27. The van der Waals surface area contributed by atoms with Crippen molar-refractivity contribution in [1.82, 2.24) is 0 Å². The van der Waals surface area contributed by atoms with Crippen LogP contribution in [0.3, 0.4) is 0 Å². The predicted molar refractivity (Wildman–Crippen MR) is 111 cm³/mol. The van der Waals surface area contributed by atoms with Gasteiger partial charge in [-0.3, -0.25) is 22.6 Å². The number of aromatic hydroxyl groups is 2. The standard InChI is InChI=1S/C18H26O12P2/c1-5-25-31(22,26-6-2)29-13-15(30-32(23,27-7-3)28-8-4)12-24-18(21)16-11-14(19)9-10-17(16)20/h1,9-11,15,19-20H,6-8,12-13H2,2-4H3. The highest BCUT2D eigenvalue weighted by atomic mass is 31.2. The van der Waals surface area contributed by atoms with Crippen LogP contribution in [0.15, 0.2) is 18.2 Å². The second-order valence-corrected chi connectivity index (χ2v) is 8.90. The molecule has 0 aliphatic rings. The molecular formula is C18H26O12P2. The first-order valence-corrected chi connectivity index (χ1v) is 12.3. The van der Waals surface area contributed by atoms with E-state index in [0.717, 1.165) is 12.1 Å². The maximum Gasteiger partial charge on any atom is 0.538 e. The largest absolute Gasteiger partial charge is 0.538 e. The molecule has 0 radical (unpaired) electrons. The van der Waals surface area contributed by atoms with Crippen LogP contribution in [0.5, 0.6) is 11.5 Å². The van der Waals surface area contributed by atoms with Gasteiger partial charge in [-0.25, -0.2) is 13.9 Å². The van der Waals surface area contributed by atoms with Gasteiger partial charge < -0.3 is 19.5 Å². The number of carbonyl (C=O) groups excluding carboxylic acids is 1. The lowest BCUT2D eigenvalue weighted by atomic mass is 10.2. The minimum Gasteiger partial charge on any atom is -0.508 e. The third-order valence-electron chi connectivity index (χ3n) is 3.32. The number of ether oxygens (including phenoxy) is 1. The van der Waals surface area contributed by atoms with E-state index < -0.39 is 46.7 Å². The normalized spacial score (nSPS) is 14.2. The Balaban J connectivity index is 3.01. The summed E-state index contributed by atoms with van der Waals surface area (Å²) in [6.07, 6.45) is 5.33. The van der Waals surface area contributed by atoms with Crippen molar-refractivity contribution in [3.05, 3.63) is 23.8 Å². The van der Waals surface area contributed by atoms with Gasteiger partial charge >= 0.3 is 21.6 Å². The van der Waals surface area contributed by atoms with Gasteiger partial charge in [-0.15, -0.1) is 0 Å². The van der Waals surface area contributed by atoms with E-state index in [1.807, 2.05) is 0 Å². The molecule has 0 aliphatic heterocycles. The van der Waals surface area contributed by atoms with E-state index in [4.69, 9.17) is 33.8 Å². The van der Waals surface area contributed by atoms with Crippen LogP contribution in [0, 0.1) is 12.5 Å². The van der Waals surface area contributed by atoms with Crippen molar-refractivity contribution in [2.45, 2.75) is 26.9 Å². The monoisotopic (exact) mass is 496 g/mol. The van der Waals surface area contributed by atoms with E-state index in [2.05, 4.69) is 4.52 Å². The molecule has 1 aromatic carbocycles. The Morgan fingerprint density at radius 2 is 1.59 bits per heavy atom. The van der Waals surface area contributed by atoms with Crippen molar-refractivity contribution in [2.24, 2.45) is 0 Å². The number of phenols is 2. The van der Waals surface area contributed by atoms with Gasteiger partial charge in [0.05, 0.1) is 26.4 Å². The summed E-state index contributed by atoms with van der Waals surface area (Å²) in [6, 6.07) is 3.25. The highest BCUT2D eigenvalue weighted by Gasteiger charge is 2.35. The zero-order valence-electron chi connectivity index (χ0n) is 17.8. The molecule has 0 amide bonds. The fourth-order valence-corrected chi connectivity index (χ4v) is 4.42. The van der Waals surface area contributed by atoms with Crippen LogP contribution < -0.4 is 0 Å². The molecule has 0 saturated heterocycles. The second-order valence-electron chi connectivity index (χ2n) is 5.68. The maximum absolute atomic E-state index is 12.7. The number of phenolic OH excluding ortho intramolecular Hbond substituents is 2. The molecule has 2 atom stereocenters. The summed E-state index contributed by atoms with van der Waals surface area (Å²) in [7, 11) is -8.30. The van der Waals surface area contributed by atoms with Crippen LogP contribution in [0.2, 0.25) is 0 Å². The molecule has 0 aliphatic carbocycles. The number of rotatable bonds is 15. The van der Waals surface area contributed by atoms with Crippen LogP contribution in [-0.2, 0) is 41.0 Å². The molecule has 32 heavy (non-hydrogen) atoms. The van der Waals surface area contributed by atoms with Crippen molar-refractivity contribution in [2.75, 3.05) is 33.0 Å². The van der Waals surface area contributed by atoms with Crippen LogP contribution in [0.4, 0.5) is 0 Å². The summed E-state index contributed by atoms with van der Waals surface area (Å²) < 4.78 is 60.1. The van der Waals surface area contributed by atoms with Gasteiger partial charge in [-0.05, 0) is 39.0 Å². The number of benzene rings is 1. The van der Waals surface area contributed by atoms with Gasteiger partial charge in [0.15, 0.2) is 0 Å². The molecule has 0 bridgehead atoms. The number of terminal acetylenes is 1. The fourth-order valence-electron chi connectivity index (χ4n) is 2.13. The summed E-state index contributed by atoms with van der Waals surface area (Å²) in [5.74, 6) is -1.77. The first kappa shape index (κ1) is 27.9. The van der Waals surface area contributed by atoms with Gasteiger partial charge in [-0.2, -0.15) is 0 Å². The predicted octanol–water partition coefficient (Wildman–Crippen LogP) is 3.59. The SMILES string of the molecule is C#COP(=O)(OCC)OCC(COC(=O)c1cc(O)ccc1O)OP(=O)(OCC)OCC. The van der Waals surface area contributed by atoms with E-state index in [1.165, 1.54) is 13.0 Å². The number of phosphoric ester groups is 2. The first-order chi connectivity index (χ1) is 15.1. The Morgan fingerprint density at radius 3 is 2.16 bits per heavy atom. The third-order valence-corrected chi connectivity index (χ3v) is 6.40. The molecule has 12 nitrogen and oxygen atoms in total. The Hall–Kier alpha value is -2.09. The molecule has 0 spiro atoms. The van der Waals surface area contributed by atoms with Gasteiger partial charge in [0.1, 0.15) is 35.9 Å². The van der Waals surface area contributed by atoms with E-state index >= 15 is 0 Å². The van der Waals surface area contributed by atoms with Gasteiger partial charge in [0.2, 0.25) is 0 Å². The number of esters is 1. The molecule has 14 heteroatoms. The minimum absolute atomic E-state index is 0.0283. The minimum atomic E-state index is -4.19. The molecule has 1 aromatic rings. The lowest BCUT2D eigenvalue weighted by molar-refractivity contribution is -0.00230. The molecule has 180 valence electrons. The average molecular weight is 496 g/mol. The Morgan fingerprint density at radius 1 is 1.00 bits per heavy atom. The van der Waals surface area contributed by atoms with Crippen molar-refractivity contribution >= 4 is 21.6 Å². The molecule has 2 unspecified atom stereocenters. The van der Waals surface area contributed by atoms with Crippen molar-refractivity contribution in [3.63, 3.8) is 0 Å². The summed E-state index contributed by atoms with van der Waals surface area (Å²) in [4.78, 5) is 12.3. The molecule has 1 rings (SSSR count). The number of hydrogen-bond acceptors (Lipinski definition) is 12. The van der Waals surface area contributed by atoms with Crippen molar-refractivity contribution in [3.8, 4) is 24.0 Å². The van der Waals surface area contributed by atoms with Crippen molar-refractivity contribution < 1.29 is 56.0 Å². The third kappa shape index (κ3) is 9.18. The summed E-state index contributed by atoms with van der Waals surface area (Å²) >= 11 is 0. The molecule has 0 fully saturated rings. The van der Waals surface area contributed by atoms with E-state index in [9.17, 15) is 24.1 Å². The van der Waals surface area contributed by atoms with Crippen LogP contribution in [-0.4, -0.2) is 55.3 Å². The maximum atomic E-state index is 12.7. The molecule has 0 saturated carbocycles.